The van der Waals surface area contributed by atoms with Gasteiger partial charge >= 0.3 is 0 Å². The van der Waals surface area contributed by atoms with Gasteiger partial charge in [-0.15, -0.1) is 6.58 Å². The zero-order valence-electron chi connectivity index (χ0n) is 20.8. The Morgan fingerprint density at radius 3 is 2.44 bits per heavy atom. The van der Waals surface area contributed by atoms with Gasteiger partial charge in [-0.3, -0.25) is 4.98 Å². The molecule has 0 unspecified atom stereocenters. The third-order valence-electron chi connectivity index (χ3n) is 4.05. The maximum absolute atomic E-state index is 5.43. The van der Waals surface area contributed by atoms with E-state index in [0.717, 1.165) is 35.9 Å². The van der Waals surface area contributed by atoms with E-state index >= 15 is 0 Å². The fraction of sp³-hybridized carbons (Fsp3) is 0.462. The largest absolute Gasteiger partial charge is 0.376 e. The van der Waals surface area contributed by atoms with Crippen molar-refractivity contribution in [3.8, 4) is 0 Å². The van der Waals surface area contributed by atoms with Gasteiger partial charge in [-0.25, -0.2) is 9.29 Å². The lowest BCUT2D eigenvalue weighted by Gasteiger charge is -2.15. The van der Waals surface area contributed by atoms with Gasteiger partial charge in [0.2, 0.25) is 0 Å². The van der Waals surface area contributed by atoms with Crippen LogP contribution in [0.3, 0.4) is 0 Å². The molecule has 3 aromatic rings. The number of likely N-dealkylation sites (N-methyl/N-ethyl adjacent to an activating group) is 1. The second kappa shape index (κ2) is 15.6. The number of pyridine rings is 1. The molecule has 0 bridgehead atoms. The van der Waals surface area contributed by atoms with Crippen molar-refractivity contribution in [2.75, 3.05) is 26.8 Å². The predicted molar refractivity (Wildman–Crippen MR) is 139 cm³/mol. The molecule has 2 heterocycles. The van der Waals surface area contributed by atoms with Gasteiger partial charge in [-0.1, -0.05) is 52.8 Å². The number of aryl methyl sites for hydroxylation is 1. The number of fused-ring (bicyclic) bond motifs is 1. The number of nitrogens with zero attached hydrogens (tertiary/aromatic N) is 4. The van der Waals surface area contributed by atoms with E-state index < -0.39 is 0 Å². The van der Waals surface area contributed by atoms with Crippen LogP contribution in [0.25, 0.3) is 11.0 Å². The Morgan fingerprint density at radius 2 is 1.81 bits per heavy atom. The zero-order valence-corrected chi connectivity index (χ0v) is 21.7. The van der Waals surface area contributed by atoms with Crippen LogP contribution in [0.4, 0.5) is 0 Å². The normalized spacial score (nSPS) is 10.5. The molecule has 0 saturated carbocycles. The molecule has 2 aromatic heterocycles. The Bertz CT molecular complexity index is 903. The molecule has 176 valence electrons. The van der Waals surface area contributed by atoms with Crippen molar-refractivity contribution in [2.24, 2.45) is 5.92 Å². The maximum atomic E-state index is 5.43. The van der Waals surface area contributed by atoms with Crippen LogP contribution in [-0.4, -0.2) is 45.6 Å². The highest BCUT2D eigenvalue weighted by Crippen LogP contribution is 2.22. The van der Waals surface area contributed by atoms with Gasteiger partial charge in [-0.05, 0) is 55.6 Å². The molecule has 0 fully saturated rings. The number of ether oxygens (including phenoxy) is 1. The summed E-state index contributed by atoms with van der Waals surface area (Å²) in [6, 6.07) is 10.7. The van der Waals surface area contributed by atoms with E-state index in [9.17, 15) is 0 Å². The van der Waals surface area contributed by atoms with Crippen molar-refractivity contribution in [3.63, 3.8) is 0 Å². The van der Waals surface area contributed by atoms with E-state index in [4.69, 9.17) is 4.74 Å². The molecule has 0 atom stereocenters. The lowest BCUT2D eigenvalue weighted by atomic mass is 10.2. The summed E-state index contributed by atoms with van der Waals surface area (Å²) in [6.07, 6.45) is 5.40. The summed E-state index contributed by atoms with van der Waals surface area (Å²) in [5, 5.41) is 0. The van der Waals surface area contributed by atoms with Crippen LogP contribution >= 0.6 is 11.9 Å². The van der Waals surface area contributed by atoms with Gasteiger partial charge < -0.3 is 9.30 Å². The van der Waals surface area contributed by atoms with E-state index in [1.54, 1.807) is 18.0 Å². The number of hydrogen-bond acceptors (Lipinski definition) is 5. The average Bonchev–Trinajstić information content (AvgIpc) is 3.09. The van der Waals surface area contributed by atoms with Crippen molar-refractivity contribution in [2.45, 2.75) is 53.0 Å². The molecule has 0 aliphatic heterocycles. The summed E-state index contributed by atoms with van der Waals surface area (Å²) in [7, 11) is 2.07. The minimum absolute atomic E-state index is 0.603. The van der Waals surface area contributed by atoms with Crippen molar-refractivity contribution >= 4 is 23.0 Å². The van der Waals surface area contributed by atoms with E-state index in [2.05, 4.69) is 77.5 Å². The highest BCUT2D eigenvalue weighted by molar-refractivity contribution is 7.97. The van der Waals surface area contributed by atoms with Gasteiger partial charge in [0.15, 0.2) is 0 Å². The number of benzene rings is 1. The molecule has 0 radical (unpaired) electrons. The lowest BCUT2D eigenvalue weighted by molar-refractivity contribution is 0.154. The first-order valence-electron chi connectivity index (χ1n) is 11.3. The second-order valence-electron chi connectivity index (χ2n) is 7.79. The number of hydrogen-bond donors (Lipinski definition) is 0. The van der Waals surface area contributed by atoms with E-state index in [1.807, 2.05) is 39.2 Å². The summed E-state index contributed by atoms with van der Waals surface area (Å²) in [5.74, 6) is 1.84. The maximum Gasteiger partial charge on any atom is 0.107 e. The molecule has 0 N–H and O–H groups in total. The van der Waals surface area contributed by atoms with E-state index in [-0.39, 0.29) is 0 Å². The van der Waals surface area contributed by atoms with Crippen LogP contribution in [0, 0.1) is 12.8 Å². The summed E-state index contributed by atoms with van der Waals surface area (Å²) in [6.45, 7) is 19.2. The van der Waals surface area contributed by atoms with Crippen molar-refractivity contribution in [1.82, 2.24) is 18.8 Å². The first-order valence-corrected chi connectivity index (χ1v) is 12.1. The Morgan fingerprint density at radius 1 is 1.16 bits per heavy atom. The second-order valence-corrected chi connectivity index (χ2v) is 9.07. The summed E-state index contributed by atoms with van der Waals surface area (Å²) >= 11 is 1.72. The van der Waals surface area contributed by atoms with Crippen molar-refractivity contribution < 1.29 is 4.74 Å². The lowest BCUT2D eigenvalue weighted by Crippen LogP contribution is -2.16. The third kappa shape index (κ3) is 9.98. The fourth-order valence-electron chi connectivity index (χ4n) is 2.73. The third-order valence-corrected chi connectivity index (χ3v) is 5.03. The van der Waals surface area contributed by atoms with Crippen LogP contribution in [-0.2, 0) is 11.3 Å². The molecule has 0 aliphatic rings. The predicted octanol–water partition coefficient (Wildman–Crippen LogP) is 6.62. The highest BCUT2D eigenvalue weighted by Gasteiger charge is 2.08. The molecule has 6 heteroatoms. The Kier molecular flexibility index (Phi) is 13.6. The molecule has 5 nitrogen and oxygen atoms in total. The quantitative estimate of drug-likeness (QED) is 0.206. The molecular formula is C26H40N4OS. The van der Waals surface area contributed by atoms with Gasteiger partial charge in [0.25, 0.3) is 0 Å². The highest BCUT2D eigenvalue weighted by atomic mass is 32.2. The van der Waals surface area contributed by atoms with Crippen LogP contribution in [0.1, 0.15) is 46.0 Å². The first-order chi connectivity index (χ1) is 15.4. The molecular weight excluding hydrogens is 416 g/mol. The Balaban J connectivity index is 0.000000769. The summed E-state index contributed by atoms with van der Waals surface area (Å²) in [4.78, 5) is 9.95. The van der Waals surface area contributed by atoms with E-state index in [0.29, 0.717) is 13.2 Å². The number of aromatic nitrogens is 3. The summed E-state index contributed by atoms with van der Waals surface area (Å²) in [5.41, 5.74) is 3.32. The zero-order chi connectivity index (χ0) is 23.9. The van der Waals surface area contributed by atoms with Crippen LogP contribution in [0.2, 0.25) is 0 Å². The van der Waals surface area contributed by atoms with Crippen LogP contribution in [0.5, 0.6) is 0 Å². The SMILES string of the molecule is C=CCOCCN(C)Sc1ccc(Cn2c(C)nc3cnccc32)cc1.CC.CC(C)C. The minimum Gasteiger partial charge on any atom is -0.376 e. The molecule has 3 rings (SSSR count). The van der Waals surface area contributed by atoms with Gasteiger partial charge in [0, 0.05) is 24.2 Å². The fourth-order valence-corrected chi connectivity index (χ4v) is 3.51. The van der Waals surface area contributed by atoms with Crippen molar-refractivity contribution in [3.05, 3.63) is 66.8 Å². The summed E-state index contributed by atoms with van der Waals surface area (Å²) < 4.78 is 9.83. The monoisotopic (exact) mass is 456 g/mol. The smallest absolute Gasteiger partial charge is 0.107 e. The molecule has 32 heavy (non-hydrogen) atoms. The molecule has 1 aromatic carbocycles. The molecule has 0 saturated heterocycles. The Labute approximate surface area is 199 Å². The van der Waals surface area contributed by atoms with Crippen LogP contribution in [0.15, 0.2) is 60.3 Å². The average molecular weight is 457 g/mol. The Hall–Kier alpha value is -2.15. The van der Waals surface area contributed by atoms with E-state index in [1.165, 1.54) is 10.5 Å². The topological polar surface area (TPSA) is 43.2 Å². The molecule has 0 spiro atoms. The van der Waals surface area contributed by atoms with Gasteiger partial charge in [0.05, 0.1) is 24.9 Å². The van der Waals surface area contributed by atoms with Crippen molar-refractivity contribution in [1.29, 1.82) is 0 Å². The number of imidazole rings is 1. The first kappa shape index (κ1) is 27.9. The standard InChI is InChI=1S/C20H24N4OS.C4H10.C2H6/c1-4-12-25-13-11-23(3)26-18-7-5-17(6-8-18)15-24-16(2)22-19-14-21-10-9-20(19)24;1-4(2)3;1-2/h4-10,14H,1,11-13,15H2,2-3H3;4H,1-3H3;1-2H3. The van der Waals surface area contributed by atoms with Crippen LogP contribution < -0.4 is 0 Å². The minimum atomic E-state index is 0.603. The van der Waals surface area contributed by atoms with Gasteiger partial charge in [0.1, 0.15) is 11.3 Å². The van der Waals surface area contributed by atoms with Gasteiger partial charge in [-0.2, -0.15) is 0 Å². The molecule has 0 aliphatic carbocycles. The molecule has 0 amide bonds. The number of rotatable bonds is 9.